The molecule has 0 aromatic carbocycles. The van der Waals surface area contributed by atoms with Gasteiger partial charge in [-0.25, -0.2) is 0 Å². The molecule has 0 aliphatic carbocycles. The minimum absolute atomic E-state index is 0.141. The smallest absolute Gasteiger partial charge is 0.220 e. The lowest BCUT2D eigenvalue weighted by Crippen LogP contribution is -2.38. The zero-order chi connectivity index (χ0) is 12.7. The molecule has 1 unspecified atom stereocenters. The molecule has 1 rings (SSSR count). The Hall–Kier alpha value is 0.110. The van der Waals surface area contributed by atoms with Crippen molar-refractivity contribution in [1.29, 1.82) is 0 Å². The third kappa shape index (κ3) is 6.56. The Bertz CT molecular complexity index is 229. The average molecular weight is 278 g/mol. The Morgan fingerprint density at radius 1 is 1.41 bits per heavy atom. The molecule has 1 N–H and O–H groups in total. The fourth-order valence-corrected chi connectivity index (χ4v) is 3.64. The summed E-state index contributed by atoms with van der Waals surface area (Å²) in [5.41, 5.74) is 0. The highest BCUT2D eigenvalue weighted by Gasteiger charge is 2.19. The van der Waals surface area contributed by atoms with Gasteiger partial charge in [-0.05, 0) is 42.6 Å². The quantitative estimate of drug-likeness (QED) is 0.755. The van der Waals surface area contributed by atoms with Gasteiger partial charge in [0.15, 0.2) is 0 Å². The summed E-state index contributed by atoms with van der Waals surface area (Å²) in [5.74, 6) is 4.29. The van der Waals surface area contributed by atoms with Crippen molar-refractivity contribution < 1.29 is 4.79 Å². The van der Waals surface area contributed by atoms with E-state index in [2.05, 4.69) is 19.2 Å². The van der Waals surface area contributed by atoms with Crippen LogP contribution in [0.1, 0.15) is 39.5 Å². The van der Waals surface area contributed by atoms with Crippen molar-refractivity contribution in [3.05, 3.63) is 0 Å². The highest BCUT2D eigenvalue weighted by atomic mass is 35.5. The first-order chi connectivity index (χ1) is 8.11. The zero-order valence-corrected chi connectivity index (χ0v) is 12.4. The first-order valence-corrected chi connectivity index (χ1v) is 8.23. The van der Waals surface area contributed by atoms with Crippen molar-refractivity contribution in [3.8, 4) is 0 Å². The van der Waals surface area contributed by atoms with Crippen LogP contribution in [0.2, 0.25) is 0 Å². The summed E-state index contributed by atoms with van der Waals surface area (Å²) in [6.07, 6.45) is 4.03. The van der Waals surface area contributed by atoms with Gasteiger partial charge in [0, 0.05) is 18.3 Å². The largest absolute Gasteiger partial charge is 0.352 e. The van der Waals surface area contributed by atoms with Crippen LogP contribution in [0.5, 0.6) is 0 Å². The van der Waals surface area contributed by atoms with E-state index < -0.39 is 0 Å². The van der Waals surface area contributed by atoms with E-state index in [4.69, 9.17) is 11.6 Å². The molecule has 0 aromatic rings. The van der Waals surface area contributed by atoms with E-state index in [0.29, 0.717) is 24.1 Å². The fraction of sp³-hybridized carbons (Fsp3) is 0.923. The van der Waals surface area contributed by atoms with Gasteiger partial charge in [-0.2, -0.15) is 11.8 Å². The Balaban J connectivity index is 2.26. The van der Waals surface area contributed by atoms with Crippen LogP contribution < -0.4 is 5.32 Å². The van der Waals surface area contributed by atoms with Crippen LogP contribution in [0.3, 0.4) is 0 Å². The van der Waals surface area contributed by atoms with E-state index in [1.807, 2.05) is 11.8 Å². The van der Waals surface area contributed by atoms with E-state index in [1.165, 1.54) is 24.3 Å². The Kier molecular flexibility index (Phi) is 7.36. The number of halogens is 1. The first-order valence-electron chi connectivity index (χ1n) is 6.55. The number of carbonyl (C=O) groups excluding carboxylic acids is 1. The van der Waals surface area contributed by atoms with Crippen LogP contribution >= 0.6 is 23.4 Å². The molecule has 0 bridgehead atoms. The molecule has 1 heterocycles. The van der Waals surface area contributed by atoms with Crippen molar-refractivity contribution in [2.24, 2.45) is 11.8 Å². The van der Waals surface area contributed by atoms with E-state index in [-0.39, 0.29) is 11.9 Å². The van der Waals surface area contributed by atoms with Gasteiger partial charge >= 0.3 is 0 Å². The second kappa shape index (κ2) is 8.25. The van der Waals surface area contributed by atoms with E-state index in [1.54, 1.807) is 0 Å². The molecule has 0 saturated carbocycles. The molecule has 1 fully saturated rings. The summed E-state index contributed by atoms with van der Waals surface area (Å²) < 4.78 is 0. The van der Waals surface area contributed by atoms with E-state index >= 15 is 0 Å². The minimum Gasteiger partial charge on any atom is -0.352 e. The summed E-state index contributed by atoms with van der Waals surface area (Å²) in [6, 6.07) is 0.141. The molecular formula is C13H24ClNOS. The lowest BCUT2D eigenvalue weighted by Gasteiger charge is -2.23. The maximum absolute atomic E-state index is 11.9. The van der Waals surface area contributed by atoms with Crippen LogP contribution in [0.25, 0.3) is 0 Å². The highest BCUT2D eigenvalue weighted by molar-refractivity contribution is 7.99. The summed E-state index contributed by atoms with van der Waals surface area (Å²) >= 11 is 7.88. The molecule has 1 atom stereocenters. The number of hydrogen-bond acceptors (Lipinski definition) is 2. The summed E-state index contributed by atoms with van der Waals surface area (Å²) in [5, 5.41) is 3.07. The molecule has 1 saturated heterocycles. The second-order valence-electron chi connectivity index (χ2n) is 5.31. The monoisotopic (exact) mass is 277 g/mol. The minimum atomic E-state index is 0.141. The van der Waals surface area contributed by atoms with Crippen LogP contribution in [0.4, 0.5) is 0 Å². The van der Waals surface area contributed by atoms with Crippen molar-refractivity contribution in [1.82, 2.24) is 5.32 Å². The molecule has 1 aliphatic heterocycles. The van der Waals surface area contributed by atoms with Gasteiger partial charge in [0.1, 0.15) is 0 Å². The maximum Gasteiger partial charge on any atom is 0.220 e. The molecule has 0 radical (unpaired) electrons. The Morgan fingerprint density at radius 3 is 2.59 bits per heavy atom. The molecule has 17 heavy (non-hydrogen) atoms. The van der Waals surface area contributed by atoms with E-state index in [9.17, 15) is 4.79 Å². The zero-order valence-electron chi connectivity index (χ0n) is 10.9. The number of amides is 1. The predicted octanol–water partition coefficient (Wildman–Crippen LogP) is 3.29. The van der Waals surface area contributed by atoms with Crippen molar-refractivity contribution >= 4 is 29.3 Å². The third-order valence-corrected chi connectivity index (χ3v) is 4.54. The topological polar surface area (TPSA) is 29.1 Å². The Labute approximate surface area is 114 Å². The lowest BCUT2D eigenvalue weighted by atomic mass is 9.98. The summed E-state index contributed by atoms with van der Waals surface area (Å²) in [6.45, 7) is 4.31. The number of hydrogen-bond donors (Lipinski definition) is 1. The predicted molar refractivity (Wildman–Crippen MR) is 76.8 cm³/mol. The first kappa shape index (κ1) is 15.2. The van der Waals surface area contributed by atoms with Crippen molar-refractivity contribution in [3.63, 3.8) is 0 Å². The van der Waals surface area contributed by atoms with Crippen LogP contribution in [-0.4, -0.2) is 29.3 Å². The van der Waals surface area contributed by atoms with Gasteiger partial charge in [0.2, 0.25) is 5.91 Å². The molecule has 1 aliphatic rings. The molecule has 4 heteroatoms. The van der Waals surface area contributed by atoms with Gasteiger partial charge < -0.3 is 5.32 Å². The van der Waals surface area contributed by atoms with Gasteiger partial charge in [-0.3, -0.25) is 4.79 Å². The number of carbonyl (C=O) groups is 1. The molecular weight excluding hydrogens is 254 g/mol. The van der Waals surface area contributed by atoms with Gasteiger partial charge in [-0.15, -0.1) is 11.6 Å². The number of nitrogens with one attached hydrogen (secondary N) is 1. The third-order valence-electron chi connectivity index (χ3n) is 3.12. The summed E-state index contributed by atoms with van der Waals surface area (Å²) in [4.78, 5) is 11.9. The fourth-order valence-electron chi connectivity index (χ4n) is 2.23. The van der Waals surface area contributed by atoms with E-state index in [0.717, 1.165) is 6.42 Å². The number of thioether (sulfide) groups is 1. The van der Waals surface area contributed by atoms with Crippen molar-refractivity contribution in [2.45, 2.75) is 45.6 Å². The SMILES string of the molecule is CC(C)CC(CCl)NC(=O)CC1CCSCC1. The van der Waals surface area contributed by atoms with Crippen LogP contribution in [-0.2, 0) is 4.79 Å². The number of rotatable bonds is 6. The van der Waals surface area contributed by atoms with Crippen LogP contribution in [0.15, 0.2) is 0 Å². The molecule has 2 nitrogen and oxygen atoms in total. The van der Waals surface area contributed by atoms with Crippen molar-refractivity contribution in [2.75, 3.05) is 17.4 Å². The average Bonchev–Trinajstić information content (AvgIpc) is 2.28. The molecule has 100 valence electrons. The number of alkyl halides is 1. The lowest BCUT2D eigenvalue weighted by molar-refractivity contribution is -0.122. The Morgan fingerprint density at radius 2 is 2.06 bits per heavy atom. The highest BCUT2D eigenvalue weighted by Crippen LogP contribution is 2.25. The molecule has 0 spiro atoms. The molecule has 0 aromatic heterocycles. The maximum atomic E-state index is 11.9. The summed E-state index contributed by atoms with van der Waals surface area (Å²) in [7, 11) is 0. The second-order valence-corrected chi connectivity index (χ2v) is 6.84. The van der Waals surface area contributed by atoms with Gasteiger partial charge in [0.25, 0.3) is 0 Å². The van der Waals surface area contributed by atoms with Crippen LogP contribution in [0, 0.1) is 11.8 Å². The molecule has 1 amide bonds. The van der Waals surface area contributed by atoms with Gasteiger partial charge in [-0.1, -0.05) is 13.8 Å². The normalized spacial score (nSPS) is 19.3. The standard InChI is InChI=1S/C13H24ClNOS/c1-10(2)7-12(9-14)15-13(16)8-11-3-5-17-6-4-11/h10-12H,3-9H2,1-2H3,(H,15,16). The van der Waals surface area contributed by atoms with Gasteiger partial charge in [0.05, 0.1) is 0 Å².